The van der Waals surface area contributed by atoms with Gasteiger partial charge in [-0.3, -0.25) is 9.78 Å². The maximum absolute atomic E-state index is 11.2. The SMILES string of the molecule is CC(N)(C(=O)O)c1c[nH]c(=O)[nH]c1=O. The van der Waals surface area contributed by atoms with E-state index in [0.29, 0.717) is 0 Å². The number of H-pyrrole nitrogens is 2. The molecule has 14 heavy (non-hydrogen) atoms. The van der Waals surface area contributed by atoms with Gasteiger partial charge in [-0.05, 0) is 6.92 Å². The molecule has 0 spiro atoms. The molecule has 1 unspecified atom stereocenters. The van der Waals surface area contributed by atoms with Crippen LogP contribution in [0, 0.1) is 0 Å². The molecule has 0 fully saturated rings. The summed E-state index contributed by atoms with van der Waals surface area (Å²) in [7, 11) is 0. The highest BCUT2D eigenvalue weighted by Crippen LogP contribution is 2.11. The molecular weight excluding hydrogens is 190 g/mol. The minimum absolute atomic E-state index is 0.204. The van der Waals surface area contributed by atoms with E-state index in [1.807, 2.05) is 4.98 Å². The molecule has 7 heteroatoms. The summed E-state index contributed by atoms with van der Waals surface area (Å²) in [6, 6.07) is 0. The second-order valence-corrected chi connectivity index (χ2v) is 2.99. The monoisotopic (exact) mass is 199 g/mol. The lowest BCUT2D eigenvalue weighted by Gasteiger charge is -2.17. The van der Waals surface area contributed by atoms with E-state index in [0.717, 1.165) is 13.1 Å². The normalized spacial score (nSPS) is 14.7. The summed E-state index contributed by atoms with van der Waals surface area (Å²) >= 11 is 0. The first-order valence-electron chi connectivity index (χ1n) is 3.70. The molecule has 0 saturated carbocycles. The first kappa shape index (κ1) is 10.2. The van der Waals surface area contributed by atoms with Gasteiger partial charge < -0.3 is 15.8 Å². The molecule has 0 aromatic carbocycles. The molecule has 1 atom stereocenters. The van der Waals surface area contributed by atoms with Gasteiger partial charge in [-0.25, -0.2) is 9.59 Å². The van der Waals surface area contributed by atoms with Crippen LogP contribution < -0.4 is 17.0 Å². The van der Waals surface area contributed by atoms with E-state index in [4.69, 9.17) is 10.8 Å². The van der Waals surface area contributed by atoms with Crippen LogP contribution in [0.1, 0.15) is 12.5 Å². The molecule has 0 aliphatic rings. The number of carboxylic acid groups (broad SMARTS) is 1. The van der Waals surface area contributed by atoms with Gasteiger partial charge in [0.25, 0.3) is 5.56 Å². The van der Waals surface area contributed by atoms with E-state index in [1.165, 1.54) is 0 Å². The lowest BCUT2D eigenvalue weighted by atomic mass is 9.96. The smallest absolute Gasteiger partial charge is 0.328 e. The molecular formula is C7H9N3O4. The Bertz CT molecular complexity index is 470. The number of aromatic nitrogens is 2. The topological polar surface area (TPSA) is 129 Å². The summed E-state index contributed by atoms with van der Waals surface area (Å²) in [6.45, 7) is 1.16. The van der Waals surface area contributed by atoms with Crippen LogP contribution in [-0.2, 0) is 10.3 Å². The number of carbonyl (C=O) groups is 1. The van der Waals surface area contributed by atoms with Gasteiger partial charge in [0, 0.05) is 6.20 Å². The fraction of sp³-hybridized carbons (Fsp3) is 0.286. The van der Waals surface area contributed by atoms with Gasteiger partial charge >= 0.3 is 11.7 Å². The number of aromatic amines is 2. The first-order chi connectivity index (χ1) is 6.35. The maximum Gasteiger partial charge on any atom is 0.328 e. The Kier molecular flexibility index (Phi) is 2.26. The van der Waals surface area contributed by atoms with Gasteiger partial charge in [-0.2, -0.15) is 0 Å². The molecule has 0 aliphatic heterocycles. The number of carboxylic acids is 1. The molecule has 1 rings (SSSR count). The largest absolute Gasteiger partial charge is 0.480 e. The maximum atomic E-state index is 11.2. The number of nitrogens with one attached hydrogen (secondary N) is 2. The average molecular weight is 199 g/mol. The molecule has 1 aromatic heterocycles. The van der Waals surface area contributed by atoms with E-state index in [9.17, 15) is 14.4 Å². The predicted octanol–water partition coefficient (Wildman–Crippen LogP) is -1.68. The molecule has 0 saturated heterocycles. The summed E-state index contributed by atoms with van der Waals surface area (Å²) in [5, 5.41) is 8.72. The van der Waals surface area contributed by atoms with Crippen LogP contribution in [0.15, 0.2) is 15.8 Å². The van der Waals surface area contributed by atoms with Gasteiger partial charge in [-0.1, -0.05) is 0 Å². The van der Waals surface area contributed by atoms with Gasteiger partial charge in [0.05, 0.1) is 5.56 Å². The molecule has 1 heterocycles. The highest BCUT2D eigenvalue weighted by molar-refractivity contribution is 5.79. The molecule has 1 aromatic rings. The van der Waals surface area contributed by atoms with Gasteiger partial charge in [-0.15, -0.1) is 0 Å². The zero-order valence-corrected chi connectivity index (χ0v) is 7.33. The zero-order valence-electron chi connectivity index (χ0n) is 7.33. The number of hydrogen-bond donors (Lipinski definition) is 4. The third kappa shape index (κ3) is 1.57. The van der Waals surface area contributed by atoms with E-state index >= 15 is 0 Å². The average Bonchev–Trinajstić information content (AvgIpc) is 2.02. The lowest BCUT2D eigenvalue weighted by molar-refractivity contribution is -0.143. The summed E-state index contributed by atoms with van der Waals surface area (Å²) in [4.78, 5) is 36.5. The molecule has 0 aliphatic carbocycles. The van der Waals surface area contributed by atoms with Crippen molar-refractivity contribution < 1.29 is 9.90 Å². The second kappa shape index (κ2) is 3.11. The van der Waals surface area contributed by atoms with E-state index in [-0.39, 0.29) is 5.56 Å². The van der Waals surface area contributed by atoms with Crippen LogP contribution in [0.4, 0.5) is 0 Å². The molecule has 7 nitrogen and oxygen atoms in total. The summed E-state index contributed by atoms with van der Waals surface area (Å²) in [5.74, 6) is -1.35. The van der Waals surface area contributed by atoms with Crippen molar-refractivity contribution in [2.24, 2.45) is 5.73 Å². The molecule has 5 N–H and O–H groups in total. The van der Waals surface area contributed by atoms with Crippen molar-refractivity contribution in [2.45, 2.75) is 12.5 Å². The number of nitrogens with two attached hydrogens (primary N) is 1. The van der Waals surface area contributed by atoms with Crippen molar-refractivity contribution in [1.82, 2.24) is 9.97 Å². The Morgan fingerprint density at radius 3 is 2.57 bits per heavy atom. The Balaban J connectivity index is 3.41. The third-order valence-corrected chi connectivity index (χ3v) is 1.82. The standard InChI is InChI=1S/C7H9N3O4/c1-7(8,5(12)13)3-2-9-6(14)10-4(3)11/h2H,8H2,1H3,(H,12,13)(H2,9,10,11,14). The zero-order chi connectivity index (χ0) is 10.9. The molecule has 76 valence electrons. The number of rotatable bonds is 2. The minimum atomic E-state index is -1.82. The fourth-order valence-electron chi connectivity index (χ4n) is 0.911. The van der Waals surface area contributed by atoms with Crippen LogP contribution in [0.5, 0.6) is 0 Å². The van der Waals surface area contributed by atoms with Crippen molar-refractivity contribution in [3.8, 4) is 0 Å². The van der Waals surface area contributed by atoms with Crippen LogP contribution in [0.3, 0.4) is 0 Å². The van der Waals surface area contributed by atoms with Crippen LogP contribution in [0.2, 0.25) is 0 Å². The van der Waals surface area contributed by atoms with Gasteiger partial charge in [0.15, 0.2) is 0 Å². The summed E-state index contributed by atoms with van der Waals surface area (Å²) < 4.78 is 0. The van der Waals surface area contributed by atoms with Crippen LogP contribution >= 0.6 is 0 Å². The Hall–Kier alpha value is -1.89. The van der Waals surface area contributed by atoms with E-state index in [1.54, 1.807) is 0 Å². The summed E-state index contributed by atoms with van der Waals surface area (Å²) in [6.07, 6.45) is 0.995. The predicted molar refractivity (Wildman–Crippen MR) is 46.9 cm³/mol. The van der Waals surface area contributed by atoms with Crippen LogP contribution in [-0.4, -0.2) is 21.0 Å². The number of hydrogen-bond acceptors (Lipinski definition) is 4. The molecule has 0 bridgehead atoms. The quantitative estimate of drug-likeness (QED) is 0.452. The van der Waals surface area contributed by atoms with Gasteiger partial charge in [0.1, 0.15) is 5.54 Å². The Morgan fingerprint density at radius 2 is 2.14 bits per heavy atom. The second-order valence-electron chi connectivity index (χ2n) is 2.99. The van der Waals surface area contributed by atoms with E-state index in [2.05, 4.69) is 4.98 Å². The van der Waals surface area contributed by atoms with Crippen molar-refractivity contribution in [2.75, 3.05) is 0 Å². The Morgan fingerprint density at radius 1 is 1.57 bits per heavy atom. The van der Waals surface area contributed by atoms with Crippen molar-refractivity contribution in [1.29, 1.82) is 0 Å². The number of aliphatic carboxylic acids is 1. The minimum Gasteiger partial charge on any atom is -0.480 e. The van der Waals surface area contributed by atoms with E-state index < -0.39 is 22.8 Å². The van der Waals surface area contributed by atoms with Gasteiger partial charge in [0.2, 0.25) is 0 Å². The van der Waals surface area contributed by atoms with Crippen molar-refractivity contribution >= 4 is 5.97 Å². The first-order valence-corrected chi connectivity index (χ1v) is 3.70. The molecule has 0 radical (unpaired) electrons. The lowest BCUT2D eigenvalue weighted by Crippen LogP contribution is -2.46. The fourth-order valence-corrected chi connectivity index (χ4v) is 0.911. The third-order valence-electron chi connectivity index (χ3n) is 1.82. The van der Waals surface area contributed by atoms with Crippen molar-refractivity contribution in [3.05, 3.63) is 32.6 Å². The summed E-state index contributed by atoms with van der Waals surface area (Å²) in [5.41, 5.74) is 1.85. The molecule has 0 amide bonds. The van der Waals surface area contributed by atoms with Crippen molar-refractivity contribution in [3.63, 3.8) is 0 Å². The highest BCUT2D eigenvalue weighted by Gasteiger charge is 2.33. The Labute approximate surface area is 77.6 Å². The van der Waals surface area contributed by atoms with Crippen LogP contribution in [0.25, 0.3) is 0 Å². The highest BCUT2D eigenvalue weighted by atomic mass is 16.4.